The van der Waals surface area contributed by atoms with Gasteiger partial charge in [0.25, 0.3) is 5.91 Å². The van der Waals surface area contributed by atoms with Gasteiger partial charge in [0.2, 0.25) is 0 Å². The summed E-state index contributed by atoms with van der Waals surface area (Å²) in [4.78, 5) is 14.2. The highest BCUT2D eigenvalue weighted by Gasteiger charge is 2.31. The van der Waals surface area contributed by atoms with Crippen LogP contribution in [0.15, 0.2) is 45.5 Å². The second-order valence-electron chi connectivity index (χ2n) is 4.48. The first kappa shape index (κ1) is 11.5. The summed E-state index contributed by atoms with van der Waals surface area (Å²) in [5.41, 5.74) is 2.21. The lowest BCUT2D eigenvalue weighted by molar-refractivity contribution is 0.0960. The van der Waals surface area contributed by atoms with Crippen molar-refractivity contribution in [1.29, 1.82) is 0 Å². The Kier molecular flexibility index (Phi) is 2.74. The Labute approximate surface area is 114 Å². The van der Waals surface area contributed by atoms with Crippen LogP contribution in [0.1, 0.15) is 29.0 Å². The molecule has 1 amide bonds. The maximum Gasteiger partial charge on any atom is 0.294 e. The topological polar surface area (TPSA) is 33.5 Å². The van der Waals surface area contributed by atoms with Crippen LogP contribution in [0.3, 0.4) is 0 Å². The number of anilines is 1. The van der Waals surface area contributed by atoms with Gasteiger partial charge in [0.05, 0.1) is 0 Å². The van der Waals surface area contributed by atoms with Crippen molar-refractivity contribution in [2.45, 2.75) is 12.8 Å². The van der Waals surface area contributed by atoms with Crippen LogP contribution in [0.2, 0.25) is 0 Å². The molecule has 1 aromatic carbocycles. The minimum Gasteiger partial charge on any atom is -0.444 e. The highest BCUT2D eigenvalue weighted by molar-refractivity contribution is 9.10. The molecule has 3 rings (SSSR count). The van der Waals surface area contributed by atoms with Crippen molar-refractivity contribution in [3.63, 3.8) is 0 Å². The third-order valence-electron chi connectivity index (χ3n) is 3.24. The Morgan fingerprint density at radius 2 is 2.11 bits per heavy atom. The molecule has 1 aliphatic heterocycles. The highest BCUT2D eigenvalue weighted by atomic mass is 79.9. The molecule has 0 N–H and O–H groups in total. The molecule has 0 saturated carbocycles. The second kappa shape index (κ2) is 4.28. The number of rotatable bonds is 1. The van der Waals surface area contributed by atoms with Gasteiger partial charge in [-0.3, -0.25) is 4.79 Å². The van der Waals surface area contributed by atoms with E-state index in [-0.39, 0.29) is 5.91 Å². The van der Waals surface area contributed by atoms with Gasteiger partial charge in [0, 0.05) is 18.2 Å². The van der Waals surface area contributed by atoms with Gasteiger partial charge in [-0.1, -0.05) is 25.1 Å². The smallest absolute Gasteiger partial charge is 0.294 e. The van der Waals surface area contributed by atoms with Gasteiger partial charge in [-0.2, -0.15) is 0 Å². The molecule has 1 aromatic heterocycles. The van der Waals surface area contributed by atoms with Crippen molar-refractivity contribution in [3.05, 3.63) is 52.4 Å². The lowest BCUT2D eigenvalue weighted by Crippen LogP contribution is -2.29. The fraction of sp³-hybridized carbons (Fsp3) is 0.214. The molecule has 3 nitrogen and oxygen atoms in total. The summed E-state index contributed by atoms with van der Waals surface area (Å²) in [6.07, 6.45) is 0. The number of furan rings is 1. The summed E-state index contributed by atoms with van der Waals surface area (Å²) in [6, 6.07) is 11.4. The summed E-state index contributed by atoms with van der Waals surface area (Å²) in [5, 5.41) is 0. The Hall–Kier alpha value is -1.55. The fourth-order valence-corrected chi connectivity index (χ4v) is 2.68. The summed E-state index contributed by atoms with van der Waals surface area (Å²) in [5.74, 6) is 0.645. The molecule has 1 aliphatic rings. The number of para-hydroxylation sites is 1. The monoisotopic (exact) mass is 305 g/mol. The Bertz CT molecular complexity index is 605. The van der Waals surface area contributed by atoms with E-state index in [4.69, 9.17) is 4.42 Å². The van der Waals surface area contributed by atoms with E-state index in [1.807, 2.05) is 18.2 Å². The van der Waals surface area contributed by atoms with Crippen molar-refractivity contribution >= 4 is 27.5 Å². The first-order valence-electron chi connectivity index (χ1n) is 5.83. The van der Waals surface area contributed by atoms with Gasteiger partial charge in [-0.15, -0.1) is 0 Å². The van der Waals surface area contributed by atoms with E-state index in [1.54, 1.807) is 17.0 Å². The van der Waals surface area contributed by atoms with E-state index in [2.05, 4.69) is 28.9 Å². The normalized spacial score (nSPS) is 17.9. The van der Waals surface area contributed by atoms with Crippen molar-refractivity contribution < 1.29 is 9.21 Å². The number of fused-ring (bicyclic) bond motifs is 1. The van der Waals surface area contributed by atoms with E-state index in [0.29, 0.717) is 22.9 Å². The fourth-order valence-electron chi connectivity index (χ4n) is 2.38. The number of hydrogen-bond acceptors (Lipinski definition) is 2. The number of carbonyl (C=O) groups excluding carboxylic acids is 1. The molecular formula is C14H12BrNO2. The van der Waals surface area contributed by atoms with E-state index in [1.165, 1.54) is 5.56 Å². The third kappa shape index (κ3) is 1.77. The molecule has 0 fully saturated rings. The standard InChI is InChI=1S/C14H12BrNO2/c1-9-8-16(11-5-3-2-4-10(9)11)14(17)12-6-7-13(15)18-12/h2-7,9H,8H2,1H3. The zero-order valence-corrected chi connectivity index (χ0v) is 11.5. The molecular weight excluding hydrogens is 294 g/mol. The molecule has 1 unspecified atom stereocenters. The Balaban J connectivity index is 1.98. The number of hydrogen-bond donors (Lipinski definition) is 0. The van der Waals surface area contributed by atoms with Crippen LogP contribution in [0.4, 0.5) is 5.69 Å². The quantitative estimate of drug-likeness (QED) is 0.803. The Morgan fingerprint density at radius 1 is 1.33 bits per heavy atom. The van der Waals surface area contributed by atoms with Crippen LogP contribution in [-0.2, 0) is 0 Å². The van der Waals surface area contributed by atoms with Gasteiger partial charge >= 0.3 is 0 Å². The second-order valence-corrected chi connectivity index (χ2v) is 5.26. The molecule has 2 heterocycles. The number of amides is 1. The molecule has 4 heteroatoms. The molecule has 0 aliphatic carbocycles. The van der Waals surface area contributed by atoms with E-state index >= 15 is 0 Å². The van der Waals surface area contributed by atoms with Gasteiger partial charge in [-0.05, 0) is 39.7 Å². The highest BCUT2D eigenvalue weighted by Crippen LogP contribution is 2.36. The van der Waals surface area contributed by atoms with Crippen LogP contribution in [0.5, 0.6) is 0 Å². The molecule has 92 valence electrons. The predicted octanol–water partition coefficient (Wildman–Crippen LogP) is 3.81. The molecule has 0 bridgehead atoms. The number of carbonyl (C=O) groups is 1. The summed E-state index contributed by atoms with van der Waals surface area (Å²) in [7, 11) is 0. The number of benzene rings is 1. The molecule has 0 radical (unpaired) electrons. The van der Waals surface area contributed by atoms with Crippen LogP contribution < -0.4 is 4.90 Å². The maximum atomic E-state index is 12.4. The van der Waals surface area contributed by atoms with Gasteiger partial charge in [0.1, 0.15) is 0 Å². The van der Waals surface area contributed by atoms with Crippen molar-refractivity contribution in [3.8, 4) is 0 Å². The van der Waals surface area contributed by atoms with E-state index < -0.39 is 0 Å². The number of halogens is 1. The summed E-state index contributed by atoms with van der Waals surface area (Å²) < 4.78 is 5.91. The number of nitrogens with zero attached hydrogens (tertiary/aromatic N) is 1. The summed E-state index contributed by atoms with van der Waals surface area (Å²) in [6.45, 7) is 2.83. The van der Waals surface area contributed by atoms with Crippen LogP contribution >= 0.6 is 15.9 Å². The summed E-state index contributed by atoms with van der Waals surface area (Å²) >= 11 is 3.22. The first-order valence-corrected chi connectivity index (χ1v) is 6.62. The molecule has 0 saturated heterocycles. The Morgan fingerprint density at radius 3 is 2.83 bits per heavy atom. The van der Waals surface area contributed by atoms with Crippen molar-refractivity contribution in [2.24, 2.45) is 0 Å². The maximum absolute atomic E-state index is 12.4. The SMILES string of the molecule is CC1CN(C(=O)c2ccc(Br)o2)c2ccccc21. The first-order chi connectivity index (χ1) is 8.66. The van der Waals surface area contributed by atoms with Gasteiger partial charge in [-0.25, -0.2) is 0 Å². The molecule has 1 atom stereocenters. The van der Waals surface area contributed by atoms with E-state index in [9.17, 15) is 4.79 Å². The average molecular weight is 306 g/mol. The third-order valence-corrected chi connectivity index (χ3v) is 3.67. The van der Waals surface area contributed by atoms with Gasteiger partial charge in [0.15, 0.2) is 10.4 Å². The van der Waals surface area contributed by atoms with Crippen LogP contribution in [-0.4, -0.2) is 12.5 Å². The van der Waals surface area contributed by atoms with E-state index in [0.717, 1.165) is 5.69 Å². The largest absolute Gasteiger partial charge is 0.444 e. The zero-order valence-electron chi connectivity index (χ0n) is 9.89. The minimum atomic E-state index is -0.0856. The van der Waals surface area contributed by atoms with Crippen LogP contribution in [0, 0.1) is 0 Å². The lowest BCUT2D eigenvalue weighted by atomic mass is 10.0. The van der Waals surface area contributed by atoms with Gasteiger partial charge < -0.3 is 9.32 Å². The molecule has 0 spiro atoms. The van der Waals surface area contributed by atoms with Crippen molar-refractivity contribution in [2.75, 3.05) is 11.4 Å². The predicted molar refractivity (Wildman–Crippen MR) is 72.9 cm³/mol. The molecule has 2 aromatic rings. The van der Waals surface area contributed by atoms with Crippen molar-refractivity contribution in [1.82, 2.24) is 0 Å². The minimum absolute atomic E-state index is 0.0856. The lowest BCUT2D eigenvalue weighted by Gasteiger charge is -2.15. The van der Waals surface area contributed by atoms with Crippen LogP contribution in [0.25, 0.3) is 0 Å². The average Bonchev–Trinajstić information content (AvgIpc) is 2.94. The zero-order chi connectivity index (χ0) is 12.7. The molecule has 18 heavy (non-hydrogen) atoms.